The van der Waals surface area contributed by atoms with Crippen LogP contribution in [0.15, 0.2) is 0 Å². The molecule has 1 atom stereocenters. The highest BCUT2D eigenvalue weighted by Gasteiger charge is 2.24. The van der Waals surface area contributed by atoms with Gasteiger partial charge in [-0.2, -0.15) is 0 Å². The molecule has 0 aromatic carbocycles. The van der Waals surface area contributed by atoms with Crippen molar-refractivity contribution in [2.45, 2.75) is 52.7 Å². The molecule has 0 aromatic heterocycles. The molecular formula is C13H27N3O5. The van der Waals surface area contributed by atoms with Crippen LogP contribution in [0.2, 0.25) is 0 Å². The van der Waals surface area contributed by atoms with E-state index in [1.807, 2.05) is 13.8 Å². The van der Waals surface area contributed by atoms with E-state index in [4.69, 9.17) is 15.6 Å². The third-order valence-corrected chi connectivity index (χ3v) is 1.90. The first-order chi connectivity index (χ1) is 9.38. The Labute approximate surface area is 125 Å². The predicted molar refractivity (Wildman–Crippen MR) is 78.5 cm³/mol. The molecule has 0 heterocycles. The number of alkyl carbamates (subject to hydrolysis) is 1. The van der Waals surface area contributed by atoms with E-state index < -0.39 is 29.6 Å². The fourth-order valence-corrected chi connectivity index (χ4v) is 1.14. The normalized spacial score (nSPS) is 12.0. The van der Waals surface area contributed by atoms with Gasteiger partial charge in [0.05, 0.1) is 6.54 Å². The fourth-order valence-electron chi connectivity index (χ4n) is 1.14. The highest BCUT2D eigenvalue weighted by Crippen LogP contribution is 2.09. The number of carboxylic acid groups (broad SMARTS) is 1. The number of aliphatic carboxylic acids is 1. The average molecular weight is 305 g/mol. The number of hydrogen-bond donors (Lipinski definition) is 4. The van der Waals surface area contributed by atoms with Crippen LogP contribution in [0.3, 0.4) is 0 Å². The molecule has 2 amide bonds. The Hall–Kier alpha value is -1.83. The van der Waals surface area contributed by atoms with Gasteiger partial charge in [0, 0.05) is 0 Å². The molecule has 0 aliphatic heterocycles. The summed E-state index contributed by atoms with van der Waals surface area (Å²) in [5.41, 5.74) is 8.60. The van der Waals surface area contributed by atoms with Gasteiger partial charge in [-0.3, -0.25) is 4.79 Å². The van der Waals surface area contributed by atoms with Gasteiger partial charge in [0.1, 0.15) is 11.6 Å². The smallest absolute Gasteiger partial charge is 0.408 e. The number of carbonyl (C=O) groups excluding carboxylic acids is 2. The van der Waals surface area contributed by atoms with Gasteiger partial charge in [-0.25, -0.2) is 9.59 Å². The molecule has 21 heavy (non-hydrogen) atoms. The molecule has 0 saturated heterocycles. The summed E-state index contributed by atoms with van der Waals surface area (Å²) in [4.78, 5) is 31.7. The summed E-state index contributed by atoms with van der Waals surface area (Å²) >= 11 is 0. The number of nitrogens with one attached hydrogen (secondary N) is 1. The van der Waals surface area contributed by atoms with E-state index in [1.54, 1.807) is 20.8 Å². The number of carbonyl (C=O) groups is 3. The molecule has 124 valence electrons. The maximum Gasteiger partial charge on any atom is 0.408 e. The van der Waals surface area contributed by atoms with Crippen LogP contribution in [0.4, 0.5) is 4.79 Å². The van der Waals surface area contributed by atoms with Crippen LogP contribution in [-0.4, -0.2) is 41.3 Å². The molecule has 0 saturated carbocycles. The Balaban J connectivity index is 0. The van der Waals surface area contributed by atoms with Crippen LogP contribution in [-0.2, 0) is 14.3 Å². The Bertz CT molecular complexity index is 350. The maximum atomic E-state index is 11.4. The topological polar surface area (TPSA) is 145 Å². The van der Waals surface area contributed by atoms with Crippen molar-refractivity contribution in [1.82, 2.24) is 5.32 Å². The first-order valence-corrected chi connectivity index (χ1v) is 6.59. The van der Waals surface area contributed by atoms with E-state index in [9.17, 15) is 14.4 Å². The van der Waals surface area contributed by atoms with Crippen molar-refractivity contribution in [3.8, 4) is 0 Å². The average Bonchev–Trinajstić information content (AvgIpc) is 2.25. The lowest BCUT2D eigenvalue weighted by molar-refractivity contribution is -0.139. The quantitative estimate of drug-likeness (QED) is 0.580. The van der Waals surface area contributed by atoms with E-state index in [1.165, 1.54) is 0 Å². The van der Waals surface area contributed by atoms with E-state index in [0.717, 1.165) is 0 Å². The summed E-state index contributed by atoms with van der Waals surface area (Å²) in [5.74, 6) is -1.32. The van der Waals surface area contributed by atoms with Gasteiger partial charge in [0.25, 0.3) is 0 Å². The van der Waals surface area contributed by atoms with Crippen molar-refractivity contribution in [2.75, 3.05) is 6.54 Å². The van der Waals surface area contributed by atoms with E-state index in [-0.39, 0.29) is 12.5 Å². The summed E-state index contributed by atoms with van der Waals surface area (Å²) in [6.45, 7) is 8.92. The lowest BCUT2D eigenvalue weighted by Gasteiger charge is -2.22. The Morgan fingerprint density at radius 2 is 1.67 bits per heavy atom. The summed E-state index contributed by atoms with van der Waals surface area (Å²) in [6, 6.07) is -0.894. The second-order valence-corrected chi connectivity index (χ2v) is 5.84. The molecular weight excluding hydrogens is 278 g/mol. The summed E-state index contributed by atoms with van der Waals surface area (Å²) in [7, 11) is 0. The van der Waals surface area contributed by atoms with Crippen LogP contribution >= 0.6 is 0 Å². The molecule has 0 aliphatic carbocycles. The van der Waals surface area contributed by atoms with Gasteiger partial charge >= 0.3 is 12.1 Å². The molecule has 8 heteroatoms. The van der Waals surface area contributed by atoms with Gasteiger partial charge in [-0.1, -0.05) is 13.8 Å². The zero-order valence-electron chi connectivity index (χ0n) is 13.3. The number of hydrogen-bond acceptors (Lipinski definition) is 5. The van der Waals surface area contributed by atoms with Crippen molar-refractivity contribution in [3.05, 3.63) is 0 Å². The number of nitrogens with two attached hydrogens (primary N) is 2. The lowest BCUT2D eigenvalue weighted by Crippen LogP contribution is -2.44. The molecule has 0 spiro atoms. The van der Waals surface area contributed by atoms with Crippen molar-refractivity contribution >= 4 is 18.0 Å². The zero-order chi connectivity index (χ0) is 17.2. The lowest BCUT2D eigenvalue weighted by atomic mass is 10.0. The minimum absolute atomic E-state index is 0.0556. The monoisotopic (exact) mass is 305 g/mol. The number of carboxylic acids is 1. The molecule has 0 rings (SSSR count). The number of amides is 2. The van der Waals surface area contributed by atoms with Crippen molar-refractivity contribution in [2.24, 2.45) is 17.4 Å². The molecule has 6 N–H and O–H groups in total. The largest absolute Gasteiger partial charge is 0.480 e. The van der Waals surface area contributed by atoms with E-state index in [2.05, 4.69) is 11.1 Å². The molecule has 0 bridgehead atoms. The van der Waals surface area contributed by atoms with Crippen LogP contribution in [0.25, 0.3) is 0 Å². The molecule has 0 aromatic rings. The van der Waals surface area contributed by atoms with E-state index in [0.29, 0.717) is 6.42 Å². The highest BCUT2D eigenvalue weighted by atomic mass is 16.6. The predicted octanol–water partition coefficient (Wildman–Crippen LogP) is 0.441. The van der Waals surface area contributed by atoms with Crippen molar-refractivity contribution in [1.29, 1.82) is 0 Å². The molecule has 0 radical (unpaired) electrons. The fraction of sp³-hybridized carbons (Fsp3) is 0.769. The number of primary amides is 1. The van der Waals surface area contributed by atoms with Crippen LogP contribution < -0.4 is 16.8 Å². The van der Waals surface area contributed by atoms with Crippen LogP contribution in [0.5, 0.6) is 0 Å². The first kappa shape index (κ1) is 21.5. The summed E-state index contributed by atoms with van der Waals surface area (Å²) in [6.07, 6.45) is -0.310. The minimum atomic E-state index is -1.04. The van der Waals surface area contributed by atoms with Gasteiger partial charge in [0.15, 0.2) is 0 Å². The third-order valence-electron chi connectivity index (χ3n) is 1.90. The van der Waals surface area contributed by atoms with Gasteiger partial charge in [-0.05, 0) is 33.1 Å². The first-order valence-electron chi connectivity index (χ1n) is 6.59. The molecule has 8 nitrogen and oxygen atoms in total. The zero-order valence-corrected chi connectivity index (χ0v) is 13.3. The third kappa shape index (κ3) is 16.1. The SMILES string of the molecule is CC(C)C[C@H](NC(=O)OC(C)(C)C)C(=O)O.NCC(N)=O. The summed E-state index contributed by atoms with van der Waals surface area (Å²) in [5, 5.41) is 11.2. The number of rotatable bonds is 5. The molecule has 0 fully saturated rings. The minimum Gasteiger partial charge on any atom is -0.480 e. The second-order valence-electron chi connectivity index (χ2n) is 5.84. The van der Waals surface area contributed by atoms with Gasteiger partial charge in [0.2, 0.25) is 5.91 Å². The number of ether oxygens (including phenoxy) is 1. The molecule has 0 aliphatic rings. The highest BCUT2D eigenvalue weighted by molar-refractivity contribution is 5.80. The Morgan fingerprint density at radius 1 is 1.24 bits per heavy atom. The van der Waals surface area contributed by atoms with Gasteiger partial charge in [-0.15, -0.1) is 0 Å². The Kier molecular flexibility index (Phi) is 10.2. The molecule has 0 unspecified atom stereocenters. The van der Waals surface area contributed by atoms with Crippen molar-refractivity contribution < 1.29 is 24.2 Å². The Morgan fingerprint density at radius 3 is 1.90 bits per heavy atom. The van der Waals surface area contributed by atoms with Crippen LogP contribution in [0.1, 0.15) is 41.0 Å². The van der Waals surface area contributed by atoms with Gasteiger partial charge < -0.3 is 26.6 Å². The van der Waals surface area contributed by atoms with E-state index >= 15 is 0 Å². The summed E-state index contributed by atoms with van der Waals surface area (Å²) < 4.78 is 4.99. The van der Waals surface area contributed by atoms with Crippen LogP contribution in [0, 0.1) is 5.92 Å². The standard InChI is InChI=1S/C11H21NO4.C2H6N2O/c1-7(2)6-8(9(13)14)12-10(15)16-11(3,4)5;3-1-2(4)5/h7-8H,6H2,1-5H3,(H,12,15)(H,13,14);1,3H2,(H2,4,5)/t8-;/m0./s1. The van der Waals surface area contributed by atoms with Crippen molar-refractivity contribution in [3.63, 3.8) is 0 Å². The maximum absolute atomic E-state index is 11.4. The second kappa shape index (κ2) is 9.98.